The van der Waals surface area contributed by atoms with E-state index in [1.165, 1.54) is 12.1 Å². The van der Waals surface area contributed by atoms with Gasteiger partial charge in [-0.15, -0.1) is 0 Å². The normalized spacial score (nSPS) is 11.2. The van der Waals surface area contributed by atoms with E-state index >= 15 is 0 Å². The first-order valence-electron chi connectivity index (χ1n) is 7.81. The summed E-state index contributed by atoms with van der Waals surface area (Å²) in [6, 6.07) is 11.1. The average molecular weight is 381 g/mol. The average Bonchev–Trinajstić information content (AvgIpc) is 2.53. The molecule has 0 saturated carbocycles. The summed E-state index contributed by atoms with van der Waals surface area (Å²) in [7, 11) is 0. The molecule has 8 heteroatoms. The molecular weight excluding hydrogens is 363 g/mol. The van der Waals surface area contributed by atoms with Crippen molar-refractivity contribution in [3.8, 4) is 0 Å². The van der Waals surface area contributed by atoms with E-state index < -0.39 is 17.6 Å². The third kappa shape index (κ3) is 5.73. The Morgan fingerprint density at radius 1 is 1.00 bits per heavy atom. The van der Waals surface area contributed by atoms with Crippen LogP contribution in [0.15, 0.2) is 48.5 Å². The van der Waals surface area contributed by atoms with Gasteiger partial charge >= 0.3 is 6.18 Å². The van der Waals surface area contributed by atoms with Crippen molar-refractivity contribution in [2.75, 3.05) is 10.6 Å². The Labute approximate surface area is 154 Å². The number of nitrogens with one attached hydrogen (secondary N) is 3. The Bertz CT molecular complexity index is 806. The highest BCUT2D eigenvalue weighted by Crippen LogP contribution is 2.30. The first-order valence-corrected chi connectivity index (χ1v) is 8.22. The fourth-order valence-electron chi connectivity index (χ4n) is 2.14. The zero-order valence-electron chi connectivity index (χ0n) is 14.1. The number of halogens is 3. The number of alkyl halides is 3. The molecule has 0 saturated heterocycles. The number of anilines is 2. The van der Waals surface area contributed by atoms with Gasteiger partial charge in [-0.25, -0.2) is 0 Å². The number of hydrogen-bond donors (Lipinski definition) is 3. The molecule has 0 atom stereocenters. The molecule has 0 spiro atoms. The highest BCUT2D eigenvalue weighted by molar-refractivity contribution is 7.80. The zero-order valence-corrected chi connectivity index (χ0v) is 15.0. The number of rotatable bonds is 4. The first kappa shape index (κ1) is 19.7. The molecule has 2 rings (SSSR count). The number of amides is 1. The first-order chi connectivity index (χ1) is 12.1. The minimum atomic E-state index is -4.47. The van der Waals surface area contributed by atoms with Crippen LogP contribution in [-0.2, 0) is 6.18 Å². The molecule has 3 N–H and O–H groups in total. The lowest BCUT2D eigenvalue weighted by Crippen LogP contribution is -2.33. The second kappa shape index (κ2) is 8.18. The maximum atomic E-state index is 12.8. The van der Waals surface area contributed by atoms with Gasteiger partial charge in [-0.1, -0.05) is 12.1 Å². The van der Waals surface area contributed by atoms with Crippen molar-refractivity contribution < 1.29 is 18.0 Å². The smallest absolute Gasteiger partial charge is 0.360 e. The molecule has 0 aliphatic rings. The molecule has 0 aliphatic heterocycles. The molecule has 0 bridgehead atoms. The van der Waals surface area contributed by atoms with Crippen LogP contribution in [0.5, 0.6) is 0 Å². The number of benzene rings is 2. The summed E-state index contributed by atoms with van der Waals surface area (Å²) in [5.41, 5.74) is 0.135. The van der Waals surface area contributed by atoms with Crippen molar-refractivity contribution in [1.82, 2.24) is 5.32 Å². The second-order valence-corrected chi connectivity index (χ2v) is 6.27. The van der Waals surface area contributed by atoms with Gasteiger partial charge in [0.25, 0.3) is 5.91 Å². The predicted molar refractivity (Wildman–Crippen MR) is 100 cm³/mol. The van der Waals surface area contributed by atoms with Gasteiger partial charge in [-0.3, -0.25) is 4.79 Å². The summed E-state index contributed by atoms with van der Waals surface area (Å²) in [6.45, 7) is 3.87. The lowest BCUT2D eigenvalue weighted by atomic mass is 10.1. The van der Waals surface area contributed by atoms with Crippen molar-refractivity contribution >= 4 is 34.6 Å². The molecule has 0 aromatic heterocycles. The minimum absolute atomic E-state index is 0.0696. The molecule has 26 heavy (non-hydrogen) atoms. The van der Waals surface area contributed by atoms with Crippen LogP contribution in [0.4, 0.5) is 24.5 Å². The van der Waals surface area contributed by atoms with Crippen molar-refractivity contribution in [3.05, 3.63) is 59.7 Å². The SMILES string of the molecule is CC(C)NC(=S)Nc1cccc(C(=O)Nc2cccc(C(F)(F)F)c2)c1. The van der Waals surface area contributed by atoms with Gasteiger partial charge in [0.1, 0.15) is 0 Å². The molecule has 0 unspecified atom stereocenters. The van der Waals surface area contributed by atoms with Gasteiger partial charge in [0.15, 0.2) is 5.11 Å². The van der Waals surface area contributed by atoms with Gasteiger partial charge in [0.2, 0.25) is 0 Å². The third-order valence-electron chi connectivity index (χ3n) is 3.25. The Kier molecular flexibility index (Phi) is 6.20. The van der Waals surface area contributed by atoms with Crippen molar-refractivity contribution in [3.63, 3.8) is 0 Å². The molecular formula is C18H18F3N3OS. The molecule has 0 radical (unpaired) electrons. The van der Waals surface area contributed by atoms with Crippen molar-refractivity contribution in [1.29, 1.82) is 0 Å². The van der Waals surface area contributed by atoms with Crippen LogP contribution in [0.25, 0.3) is 0 Å². The van der Waals surface area contributed by atoms with E-state index in [0.29, 0.717) is 16.4 Å². The molecule has 0 fully saturated rings. The van der Waals surface area contributed by atoms with Crippen LogP contribution in [0.2, 0.25) is 0 Å². The quantitative estimate of drug-likeness (QED) is 0.675. The molecule has 2 aromatic rings. The Morgan fingerprint density at radius 3 is 2.23 bits per heavy atom. The number of hydrogen-bond acceptors (Lipinski definition) is 2. The van der Waals surface area contributed by atoms with Crippen LogP contribution in [-0.4, -0.2) is 17.1 Å². The predicted octanol–water partition coefficient (Wildman–Crippen LogP) is 4.65. The Morgan fingerprint density at radius 2 is 1.62 bits per heavy atom. The highest BCUT2D eigenvalue weighted by atomic mass is 32.1. The van der Waals surface area contributed by atoms with E-state index in [-0.39, 0.29) is 11.7 Å². The van der Waals surface area contributed by atoms with Crippen LogP contribution in [0.1, 0.15) is 29.8 Å². The van der Waals surface area contributed by atoms with Gasteiger partial charge in [0, 0.05) is 23.0 Å². The van der Waals surface area contributed by atoms with E-state index in [1.54, 1.807) is 24.3 Å². The van der Waals surface area contributed by atoms with Crippen LogP contribution in [0.3, 0.4) is 0 Å². The molecule has 2 aromatic carbocycles. The fraction of sp³-hybridized carbons (Fsp3) is 0.222. The summed E-state index contributed by atoms with van der Waals surface area (Å²) in [4.78, 5) is 12.3. The van der Waals surface area contributed by atoms with Crippen LogP contribution >= 0.6 is 12.2 Å². The number of thiocarbonyl (C=S) groups is 1. The largest absolute Gasteiger partial charge is 0.416 e. The van der Waals surface area contributed by atoms with Crippen molar-refractivity contribution in [2.45, 2.75) is 26.1 Å². The molecule has 0 aliphatic carbocycles. The maximum Gasteiger partial charge on any atom is 0.416 e. The van der Waals surface area contributed by atoms with Crippen LogP contribution in [0, 0.1) is 0 Å². The Balaban J connectivity index is 2.11. The molecule has 4 nitrogen and oxygen atoms in total. The third-order valence-corrected chi connectivity index (χ3v) is 3.47. The second-order valence-electron chi connectivity index (χ2n) is 5.87. The topological polar surface area (TPSA) is 53.2 Å². The molecule has 0 heterocycles. The minimum Gasteiger partial charge on any atom is -0.360 e. The van der Waals surface area contributed by atoms with Gasteiger partial charge < -0.3 is 16.0 Å². The monoisotopic (exact) mass is 381 g/mol. The summed E-state index contributed by atoms with van der Waals surface area (Å²) < 4.78 is 38.3. The standard InChI is InChI=1S/C18H18F3N3OS/c1-11(2)22-17(26)24-14-7-3-5-12(9-14)16(25)23-15-8-4-6-13(10-15)18(19,20)21/h3-11H,1-2H3,(H,23,25)(H2,22,24,26). The summed E-state index contributed by atoms with van der Waals surface area (Å²) >= 11 is 5.15. The van der Waals surface area contributed by atoms with E-state index in [0.717, 1.165) is 12.1 Å². The van der Waals surface area contributed by atoms with E-state index in [2.05, 4.69) is 16.0 Å². The summed E-state index contributed by atoms with van der Waals surface area (Å²) in [6.07, 6.45) is -4.47. The van der Waals surface area contributed by atoms with Gasteiger partial charge in [0.05, 0.1) is 5.56 Å². The van der Waals surface area contributed by atoms with Crippen LogP contribution < -0.4 is 16.0 Å². The van der Waals surface area contributed by atoms with E-state index in [4.69, 9.17) is 12.2 Å². The Hall–Kier alpha value is -2.61. The summed E-state index contributed by atoms with van der Waals surface area (Å²) in [5.74, 6) is -0.518. The summed E-state index contributed by atoms with van der Waals surface area (Å²) in [5, 5.41) is 8.85. The molecule has 1 amide bonds. The lowest BCUT2D eigenvalue weighted by Gasteiger charge is -2.14. The zero-order chi connectivity index (χ0) is 19.3. The van der Waals surface area contributed by atoms with Gasteiger partial charge in [-0.2, -0.15) is 13.2 Å². The van der Waals surface area contributed by atoms with E-state index in [1.807, 2.05) is 13.8 Å². The van der Waals surface area contributed by atoms with Gasteiger partial charge in [-0.05, 0) is 62.5 Å². The highest BCUT2D eigenvalue weighted by Gasteiger charge is 2.30. The van der Waals surface area contributed by atoms with Crippen molar-refractivity contribution in [2.24, 2.45) is 0 Å². The number of carbonyl (C=O) groups excluding carboxylic acids is 1. The number of carbonyl (C=O) groups is 1. The lowest BCUT2D eigenvalue weighted by molar-refractivity contribution is -0.137. The molecule has 138 valence electrons. The van der Waals surface area contributed by atoms with E-state index in [9.17, 15) is 18.0 Å². The maximum absolute atomic E-state index is 12.8. The fourth-order valence-corrected chi connectivity index (χ4v) is 2.50.